The molecule has 2 aromatic rings. The Morgan fingerprint density at radius 1 is 0.733 bits per heavy atom. The predicted octanol–water partition coefficient (Wildman–Crippen LogP) is -1.96. The molecule has 0 atom stereocenters. The molecule has 160 valence electrons. The second kappa shape index (κ2) is 11.0. The molecular formula is C25H31Cl3SiTi. The van der Waals surface area contributed by atoms with Crippen LogP contribution in [0.1, 0.15) is 38.3 Å². The molecule has 30 heavy (non-hydrogen) atoms. The Balaban J connectivity index is 0.00000280. The Kier molecular flexibility index (Phi) is 10.9. The molecule has 0 heterocycles. The maximum atomic E-state index is 2.54. The third kappa shape index (κ3) is 5.20. The van der Waals surface area contributed by atoms with Gasteiger partial charge in [-0.3, -0.25) is 0 Å². The molecule has 0 saturated carbocycles. The van der Waals surface area contributed by atoms with E-state index >= 15 is 0 Å². The average molecular weight is 514 g/mol. The van der Waals surface area contributed by atoms with E-state index in [4.69, 9.17) is 0 Å². The Morgan fingerprint density at radius 3 is 1.47 bits per heavy atom. The van der Waals surface area contributed by atoms with Gasteiger partial charge < -0.3 is 37.2 Å². The number of hydrogen-bond donors (Lipinski definition) is 0. The number of allylic oxidation sites excluding steroid dienone is 4. The van der Waals surface area contributed by atoms with Crippen molar-refractivity contribution in [1.82, 2.24) is 0 Å². The van der Waals surface area contributed by atoms with Gasteiger partial charge in [0.2, 0.25) is 0 Å². The summed E-state index contributed by atoms with van der Waals surface area (Å²) < 4.78 is 1.57. The average Bonchev–Trinajstić information content (AvgIpc) is 2.98. The minimum atomic E-state index is -1.49. The summed E-state index contributed by atoms with van der Waals surface area (Å²) in [5.41, 5.74) is 4.25. The van der Waals surface area contributed by atoms with Crippen molar-refractivity contribution < 1.29 is 57.7 Å². The molecule has 0 aromatic heterocycles. The summed E-state index contributed by atoms with van der Waals surface area (Å²) in [6.07, 6.45) is 3.63. The van der Waals surface area contributed by atoms with Gasteiger partial charge in [-0.2, -0.15) is 0 Å². The van der Waals surface area contributed by atoms with Gasteiger partial charge in [0, 0.05) is 0 Å². The molecule has 0 fully saturated rings. The van der Waals surface area contributed by atoms with Crippen LogP contribution in [0.25, 0.3) is 0 Å². The molecular weight excluding hydrogens is 483 g/mol. The molecule has 0 unspecified atom stereocenters. The van der Waals surface area contributed by atoms with E-state index in [0.717, 1.165) is 6.42 Å². The zero-order chi connectivity index (χ0) is 19.9. The Labute approximate surface area is 214 Å². The van der Waals surface area contributed by atoms with Crippen molar-refractivity contribution in [2.75, 3.05) is 0 Å². The maximum absolute atomic E-state index is 2.54. The molecule has 0 radical (unpaired) electrons. The fourth-order valence-corrected chi connectivity index (χ4v) is 9.12. The van der Waals surface area contributed by atoms with Gasteiger partial charge in [0.1, 0.15) is 0 Å². The van der Waals surface area contributed by atoms with Crippen LogP contribution >= 0.6 is 0 Å². The summed E-state index contributed by atoms with van der Waals surface area (Å²) in [6.45, 7) is 14.7. The van der Waals surface area contributed by atoms with Crippen molar-refractivity contribution in [3.05, 3.63) is 92.5 Å². The summed E-state index contributed by atoms with van der Waals surface area (Å²) in [7, 11) is -1.49. The maximum Gasteiger partial charge on any atom is -1.00 e. The van der Waals surface area contributed by atoms with Gasteiger partial charge in [0.05, 0.1) is 0 Å². The van der Waals surface area contributed by atoms with Crippen LogP contribution in [0.2, 0.25) is 19.6 Å². The molecule has 0 nitrogen and oxygen atoms in total. The third-order valence-electron chi connectivity index (χ3n) is 5.77. The van der Waals surface area contributed by atoms with Gasteiger partial charge in [0.15, 0.2) is 0 Å². The minimum absolute atomic E-state index is 0. The van der Waals surface area contributed by atoms with Gasteiger partial charge in [0.25, 0.3) is 0 Å². The van der Waals surface area contributed by atoms with Crippen LogP contribution in [0.4, 0.5) is 0 Å². The van der Waals surface area contributed by atoms with E-state index in [-0.39, 0.29) is 48.1 Å². The second-order valence-corrected chi connectivity index (χ2v) is 15.6. The van der Waals surface area contributed by atoms with E-state index in [1.54, 1.807) is 14.6 Å². The standard InChI is InChI=1S/C25H31Si.3ClH.Ti/c1-24(2,3)25(20-14-9-7-10-15-20,21-16-11-8-12-17-21)22-18-13-19-23(22)26(4,5)6;;;;/h7-12,14-18H,13H2,1-6H3;3*1H;/q;;;;+3/p-3. The summed E-state index contributed by atoms with van der Waals surface area (Å²) in [6, 6.07) is 22.3. The largest absolute Gasteiger partial charge is 1.00 e. The number of halogens is 3. The molecule has 0 aliphatic heterocycles. The van der Waals surface area contributed by atoms with Crippen LogP contribution in [0.5, 0.6) is 0 Å². The van der Waals surface area contributed by atoms with Crippen molar-refractivity contribution in [3.63, 3.8) is 0 Å². The SMILES string of the molecule is CC(C)(C)C(C1=CC[C]([Ti+3])=C1[Si](C)(C)C)(c1ccccc1)c1ccccc1.[Cl-].[Cl-].[Cl-]. The van der Waals surface area contributed by atoms with Gasteiger partial charge in [-0.1, -0.05) is 0 Å². The first-order valence-electron chi connectivity index (χ1n) is 9.87. The Morgan fingerprint density at radius 2 is 1.13 bits per heavy atom. The molecule has 1 aliphatic carbocycles. The first-order valence-corrected chi connectivity index (χ1v) is 14.2. The smallest absolute Gasteiger partial charge is 1.00 e. The van der Waals surface area contributed by atoms with E-state index in [9.17, 15) is 0 Å². The molecule has 0 N–H and O–H groups in total. The molecule has 0 amide bonds. The van der Waals surface area contributed by atoms with Crippen LogP contribution in [0.15, 0.2) is 81.4 Å². The van der Waals surface area contributed by atoms with Gasteiger partial charge in [-0.25, -0.2) is 0 Å². The summed E-state index contributed by atoms with van der Waals surface area (Å²) in [4.78, 5) is 0. The first-order chi connectivity index (χ1) is 12.6. The molecule has 0 spiro atoms. The third-order valence-corrected chi connectivity index (χ3v) is 8.94. The van der Waals surface area contributed by atoms with Crippen LogP contribution < -0.4 is 37.2 Å². The minimum Gasteiger partial charge on any atom is -1.00 e. The van der Waals surface area contributed by atoms with Crippen molar-refractivity contribution >= 4 is 8.07 Å². The Bertz CT molecular complexity index is 837. The quantitative estimate of drug-likeness (QED) is 0.417. The molecule has 2 aromatic carbocycles. The van der Waals surface area contributed by atoms with Crippen molar-refractivity contribution in [3.8, 4) is 0 Å². The number of benzene rings is 2. The normalized spacial score (nSPS) is 14.3. The van der Waals surface area contributed by atoms with Crippen LogP contribution in [-0.2, 0) is 25.9 Å². The van der Waals surface area contributed by atoms with E-state index in [1.165, 1.54) is 11.1 Å². The van der Waals surface area contributed by atoms with Crippen molar-refractivity contribution in [2.45, 2.75) is 52.2 Å². The zero-order valence-electron chi connectivity index (χ0n) is 18.7. The van der Waals surface area contributed by atoms with E-state index in [1.807, 2.05) is 0 Å². The topological polar surface area (TPSA) is 0 Å². The van der Waals surface area contributed by atoms with E-state index in [2.05, 4.69) is 128 Å². The molecule has 3 rings (SSSR count). The van der Waals surface area contributed by atoms with Gasteiger partial charge >= 0.3 is 179 Å². The monoisotopic (exact) mass is 512 g/mol. The van der Waals surface area contributed by atoms with E-state index in [0.29, 0.717) is 0 Å². The number of hydrogen-bond acceptors (Lipinski definition) is 0. The Hall–Kier alpha value is -0.279. The second-order valence-electron chi connectivity index (χ2n) is 9.66. The summed E-state index contributed by atoms with van der Waals surface area (Å²) in [5, 5.41) is 1.67. The first kappa shape index (κ1) is 29.7. The fourth-order valence-electron chi connectivity index (χ4n) is 4.89. The van der Waals surface area contributed by atoms with Crippen LogP contribution in [-0.4, -0.2) is 8.07 Å². The van der Waals surface area contributed by atoms with Crippen molar-refractivity contribution in [1.29, 1.82) is 0 Å². The molecule has 5 heteroatoms. The predicted molar refractivity (Wildman–Crippen MR) is 116 cm³/mol. The van der Waals surface area contributed by atoms with E-state index < -0.39 is 8.07 Å². The van der Waals surface area contributed by atoms with Crippen LogP contribution in [0.3, 0.4) is 0 Å². The molecule has 1 aliphatic rings. The fraction of sp³-hybridized carbons (Fsp3) is 0.360. The number of rotatable bonds is 4. The molecule has 0 saturated heterocycles. The summed E-state index contributed by atoms with van der Waals surface area (Å²) >= 11 is 2.35. The zero-order valence-corrected chi connectivity index (χ0v) is 23.5. The van der Waals surface area contributed by atoms with Gasteiger partial charge in [-0.15, -0.1) is 0 Å². The van der Waals surface area contributed by atoms with Crippen molar-refractivity contribution in [2.24, 2.45) is 5.41 Å². The van der Waals surface area contributed by atoms with Gasteiger partial charge in [-0.05, 0) is 0 Å². The summed E-state index contributed by atoms with van der Waals surface area (Å²) in [5.74, 6) is 0. The van der Waals surface area contributed by atoms with Crippen LogP contribution in [0, 0.1) is 5.41 Å². The molecule has 0 bridgehead atoms.